The van der Waals surface area contributed by atoms with Gasteiger partial charge >= 0.3 is 5.97 Å². The Morgan fingerprint density at radius 3 is 2.73 bits per heavy atom. The molecule has 30 heavy (non-hydrogen) atoms. The van der Waals surface area contributed by atoms with E-state index in [0.717, 1.165) is 5.56 Å². The molecule has 1 atom stereocenters. The summed E-state index contributed by atoms with van der Waals surface area (Å²) in [7, 11) is 0. The molecule has 0 bridgehead atoms. The molecule has 1 unspecified atom stereocenters. The first-order chi connectivity index (χ1) is 14.5. The van der Waals surface area contributed by atoms with Gasteiger partial charge in [0.2, 0.25) is 0 Å². The molecule has 2 N–H and O–H groups in total. The van der Waals surface area contributed by atoms with E-state index >= 15 is 0 Å². The van der Waals surface area contributed by atoms with Gasteiger partial charge < -0.3 is 15.0 Å². The maximum absolute atomic E-state index is 13.7. The van der Waals surface area contributed by atoms with Gasteiger partial charge in [0.1, 0.15) is 11.6 Å². The second-order valence-electron chi connectivity index (χ2n) is 6.58. The van der Waals surface area contributed by atoms with E-state index in [1.165, 1.54) is 25.1 Å². The van der Waals surface area contributed by atoms with Gasteiger partial charge in [0.25, 0.3) is 5.91 Å². The van der Waals surface area contributed by atoms with E-state index in [2.05, 4.69) is 20.3 Å². The number of aromatic nitrogens is 3. The molecule has 4 rings (SSSR count). The first-order valence-electron chi connectivity index (χ1n) is 9.18. The molecule has 0 aliphatic carbocycles. The first-order valence-corrected chi connectivity index (χ1v) is 9.18. The Morgan fingerprint density at radius 1 is 1.13 bits per heavy atom. The second kappa shape index (κ2) is 8.12. The van der Waals surface area contributed by atoms with E-state index in [-0.39, 0.29) is 11.3 Å². The molecule has 150 valence electrons. The fourth-order valence-corrected chi connectivity index (χ4v) is 2.86. The molecule has 0 aliphatic heterocycles. The molecule has 0 aliphatic rings. The summed E-state index contributed by atoms with van der Waals surface area (Å²) in [6.45, 7) is 1.42. The van der Waals surface area contributed by atoms with Crippen molar-refractivity contribution < 1.29 is 18.7 Å². The number of imidazole rings is 1. The van der Waals surface area contributed by atoms with Crippen LogP contribution in [0.3, 0.4) is 0 Å². The number of esters is 1. The maximum Gasteiger partial charge on any atom is 0.338 e. The maximum atomic E-state index is 13.7. The fraction of sp³-hybridized carbons (Fsp3) is 0.0909. The molecule has 0 radical (unpaired) electrons. The van der Waals surface area contributed by atoms with E-state index in [0.29, 0.717) is 16.9 Å². The highest BCUT2D eigenvalue weighted by Crippen LogP contribution is 2.21. The van der Waals surface area contributed by atoms with E-state index in [1.54, 1.807) is 42.7 Å². The van der Waals surface area contributed by atoms with Gasteiger partial charge in [0.15, 0.2) is 6.10 Å². The minimum absolute atomic E-state index is 0.0206. The normalized spacial score (nSPS) is 11.8. The van der Waals surface area contributed by atoms with Crippen LogP contribution in [-0.2, 0) is 9.53 Å². The number of nitrogens with one attached hydrogen (secondary N) is 2. The number of benzene rings is 2. The average molecular weight is 404 g/mol. The third-order valence-corrected chi connectivity index (χ3v) is 4.44. The molecular weight excluding hydrogens is 387 g/mol. The lowest BCUT2D eigenvalue weighted by Gasteiger charge is -2.14. The third-order valence-electron chi connectivity index (χ3n) is 4.44. The van der Waals surface area contributed by atoms with Crippen LogP contribution in [0.2, 0.25) is 0 Å². The van der Waals surface area contributed by atoms with Crippen LogP contribution in [0.5, 0.6) is 0 Å². The molecule has 8 heteroatoms. The van der Waals surface area contributed by atoms with E-state index in [4.69, 9.17) is 4.74 Å². The van der Waals surface area contributed by atoms with Gasteiger partial charge in [-0.3, -0.25) is 9.78 Å². The van der Waals surface area contributed by atoms with Crippen LogP contribution in [0.25, 0.3) is 22.4 Å². The quantitative estimate of drug-likeness (QED) is 0.491. The van der Waals surface area contributed by atoms with Crippen LogP contribution in [0, 0.1) is 5.82 Å². The zero-order chi connectivity index (χ0) is 21.1. The monoisotopic (exact) mass is 404 g/mol. The summed E-state index contributed by atoms with van der Waals surface area (Å²) in [5.41, 5.74) is 2.42. The van der Waals surface area contributed by atoms with E-state index in [1.807, 2.05) is 6.07 Å². The number of H-pyrrole nitrogens is 1. The van der Waals surface area contributed by atoms with Gasteiger partial charge in [0, 0.05) is 18.0 Å². The summed E-state index contributed by atoms with van der Waals surface area (Å²) in [5.74, 6) is -1.25. The van der Waals surface area contributed by atoms with Crippen molar-refractivity contribution in [2.24, 2.45) is 0 Å². The Bertz CT molecular complexity index is 1220. The number of carbonyl (C=O) groups is 2. The van der Waals surface area contributed by atoms with Gasteiger partial charge in [-0.1, -0.05) is 12.1 Å². The lowest BCUT2D eigenvalue weighted by molar-refractivity contribution is -0.123. The molecule has 2 aromatic heterocycles. The number of hydrogen-bond acceptors (Lipinski definition) is 5. The molecule has 4 aromatic rings. The highest BCUT2D eigenvalue weighted by Gasteiger charge is 2.20. The number of para-hydroxylation sites is 1. The van der Waals surface area contributed by atoms with Gasteiger partial charge in [0.05, 0.1) is 22.3 Å². The van der Waals surface area contributed by atoms with Gasteiger partial charge in [-0.2, -0.15) is 0 Å². The van der Waals surface area contributed by atoms with Gasteiger partial charge in [-0.15, -0.1) is 0 Å². The zero-order valence-corrected chi connectivity index (χ0v) is 15.9. The summed E-state index contributed by atoms with van der Waals surface area (Å²) in [4.78, 5) is 36.4. The molecular formula is C22H17FN4O3. The first kappa shape index (κ1) is 19.3. The number of halogens is 1. The predicted octanol–water partition coefficient (Wildman–Crippen LogP) is 3.95. The molecule has 7 nitrogen and oxygen atoms in total. The summed E-state index contributed by atoms with van der Waals surface area (Å²) in [5, 5.41) is 2.40. The van der Waals surface area contributed by atoms with E-state index < -0.39 is 23.8 Å². The molecule has 2 heterocycles. The minimum Gasteiger partial charge on any atom is -0.449 e. The topological polar surface area (TPSA) is 97.0 Å². The number of anilines is 1. The van der Waals surface area contributed by atoms with Crippen molar-refractivity contribution >= 4 is 28.6 Å². The lowest BCUT2D eigenvalue weighted by atomic mass is 10.2. The molecule has 0 saturated carbocycles. The number of carbonyl (C=O) groups excluding carboxylic acids is 2. The molecule has 0 spiro atoms. The predicted molar refractivity (Wildman–Crippen MR) is 109 cm³/mol. The summed E-state index contributed by atoms with van der Waals surface area (Å²) in [6, 6.07) is 14.3. The number of pyridine rings is 1. The lowest BCUT2D eigenvalue weighted by Crippen LogP contribution is -2.30. The Morgan fingerprint density at radius 2 is 1.97 bits per heavy atom. The van der Waals surface area contributed by atoms with Crippen LogP contribution in [0.1, 0.15) is 17.3 Å². The average Bonchev–Trinajstić information content (AvgIpc) is 3.19. The standard InChI is InChI=1S/C22H17FN4O3/c1-13(21(28)27-17-7-3-2-6-16(17)23)30-22(29)14-8-9-18-19(11-14)26-20(25-18)15-5-4-10-24-12-15/h2-13H,1H3,(H,25,26)(H,27,28). The van der Waals surface area contributed by atoms with Crippen LogP contribution in [0.4, 0.5) is 10.1 Å². The number of aromatic amines is 1. The van der Waals surface area contributed by atoms with Crippen LogP contribution in [-0.4, -0.2) is 32.9 Å². The number of amides is 1. The van der Waals surface area contributed by atoms with Crippen molar-refractivity contribution in [1.82, 2.24) is 15.0 Å². The molecule has 2 aromatic carbocycles. The summed E-state index contributed by atoms with van der Waals surface area (Å²) in [6.07, 6.45) is 2.24. The molecule has 0 saturated heterocycles. The Balaban J connectivity index is 1.47. The largest absolute Gasteiger partial charge is 0.449 e. The van der Waals surface area contributed by atoms with Crippen molar-refractivity contribution in [3.05, 3.63) is 78.4 Å². The second-order valence-corrected chi connectivity index (χ2v) is 6.58. The SMILES string of the molecule is CC(OC(=O)c1ccc2nc(-c3cccnc3)[nH]c2c1)C(=O)Nc1ccccc1F. The van der Waals surface area contributed by atoms with Gasteiger partial charge in [-0.25, -0.2) is 14.2 Å². The number of nitrogens with zero attached hydrogens (tertiary/aromatic N) is 2. The Kier molecular flexibility index (Phi) is 5.21. The smallest absolute Gasteiger partial charge is 0.338 e. The van der Waals surface area contributed by atoms with Crippen molar-refractivity contribution in [3.8, 4) is 11.4 Å². The van der Waals surface area contributed by atoms with Gasteiger partial charge in [-0.05, 0) is 49.4 Å². The Hall–Kier alpha value is -4.07. The third kappa shape index (κ3) is 4.02. The number of ether oxygens (including phenoxy) is 1. The highest BCUT2D eigenvalue weighted by atomic mass is 19.1. The van der Waals surface area contributed by atoms with Crippen LogP contribution in [0.15, 0.2) is 67.0 Å². The number of hydrogen-bond donors (Lipinski definition) is 2. The van der Waals surface area contributed by atoms with Crippen LogP contribution >= 0.6 is 0 Å². The van der Waals surface area contributed by atoms with E-state index in [9.17, 15) is 14.0 Å². The minimum atomic E-state index is -1.11. The number of fused-ring (bicyclic) bond motifs is 1. The fourth-order valence-electron chi connectivity index (χ4n) is 2.86. The molecule has 1 amide bonds. The van der Waals surface area contributed by atoms with Crippen molar-refractivity contribution in [3.63, 3.8) is 0 Å². The van der Waals surface area contributed by atoms with Crippen LogP contribution < -0.4 is 5.32 Å². The van der Waals surface area contributed by atoms with Crippen molar-refractivity contribution in [2.75, 3.05) is 5.32 Å². The van der Waals surface area contributed by atoms with Crippen molar-refractivity contribution in [1.29, 1.82) is 0 Å². The summed E-state index contributed by atoms with van der Waals surface area (Å²) < 4.78 is 18.9. The molecule has 0 fully saturated rings. The summed E-state index contributed by atoms with van der Waals surface area (Å²) >= 11 is 0. The highest BCUT2D eigenvalue weighted by molar-refractivity contribution is 5.98. The van der Waals surface area contributed by atoms with Crippen molar-refractivity contribution in [2.45, 2.75) is 13.0 Å². The zero-order valence-electron chi connectivity index (χ0n) is 15.9. The number of rotatable bonds is 5. The Labute approximate surface area is 170 Å².